The lowest BCUT2D eigenvalue weighted by molar-refractivity contribution is 0.122. The lowest BCUT2D eigenvalue weighted by Gasteiger charge is -2.29. The molecule has 0 radical (unpaired) electrons. The third-order valence-electron chi connectivity index (χ3n) is 4.05. The molecule has 1 saturated heterocycles. The third kappa shape index (κ3) is 4.13. The zero-order chi connectivity index (χ0) is 16.8. The molecule has 1 aliphatic heterocycles. The topological polar surface area (TPSA) is 33.7 Å². The average Bonchev–Trinajstić information content (AvgIpc) is 2.62. The molecule has 2 aromatic rings. The zero-order valence-corrected chi connectivity index (χ0v) is 14.7. The number of hydrogen-bond donors (Lipinski definition) is 1. The molecule has 0 saturated carbocycles. The molecule has 0 spiro atoms. The molecule has 0 atom stereocenters. The van der Waals surface area contributed by atoms with Crippen molar-refractivity contribution in [2.45, 2.75) is 13.5 Å². The highest BCUT2D eigenvalue weighted by molar-refractivity contribution is 6.33. The van der Waals surface area contributed by atoms with Crippen molar-refractivity contribution in [2.24, 2.45) is 0 Å². The zero-order valence-electron chi connectivity index (χ0n) is 13.9. The standard InChI is InChI=1S/C19H23ClN2O2/c1-2-24-19-6-4-3-5-15(19)14-21-16-7-8-18(17(20)13-16)22-9-11-23-12-10-22/h3-8,13,21H,2,9-12,14H2,1H3. The Morgan fingerprint density at radius 1 is 1.17 bits per heavy atom. The van der Waals surface area contributed by atoms with Gasteiger partial charge >= 0.3 is 0 Å². The SMILES string of the molecule is CCOc1ccccc1CNc1ccc(N2CCOCC2)c(Cl)c1. The Morgan fingerprint density at radius 2 is 1.96 bits per heavy atom. The predicted molar refractivity (Wildman–Crippen MR) is 99.4 cm³/mol. The summed E-state index contributed by atoms with van der Waals surface area (Å²) >= 11 is 6.48. The van der Waals surface area contributed by atoms with Gasteiger partial charge in [-0.2, -0.15) is 0 Å². The van der Waals surface area contributed by atoms with E-state index in [1.165, 1.54) is 0 Å². The van der Waals surface area contributed by atoms with Gasteiger partial charge in [0.1, 0.15) is 5.75 Å². The Balaban J connectivity index is 1.67. The van der Waals surface area contributed by atoms with E-state index >= 15 is 0 Å². The van der Waals surface area contributed by atoms with Crippen molar-refractivity contribution >= 4 is 23.0 Å². The first-order valence-corrected chi connectivity index (χ1v) is 8.72. The van der Waals surface area contributed by atoms with Gasteiger partial charge in [0.05, 0.1) is 30.5 Å². The van der Waals surface area contributed by atoms with Gasteiger partial charge in [0, 0.05) is 30.9 Å². The van der Waals surface area contributed by atoms with Gasteiger partial charge in [-0.05, 0) is 31.2 Å². The number of halogens is 1. The Morgan fingerprint density at radius 3 is 2.71 bits per heavy atom. The minimum atomic E-state index is 0.664. The van der Waals surface area contributed by atoms with Gasteiger partial charge < -0.3 is 19.7 Å². The maximum Gasteiger partial charge on any atom is 0.124 e. The number of anilines is 2. The van der Waals surface area contributed by atoms with Gasteiger partial charge in [-0.15, -0.1) is 0 Å². The molecule has 1 fully saturated rings. The number of ether oxygens (including phenoxy) is 2. The van der Waals surface area contributed by atoms with Crippen LogP contribution in [0.2, 0.25) is 5.02 Å². The van der Waals surface area contributed by atoms with Crippen LogP contribution in [0.15, 0.2) is 42.5 Å². The summed E-state index contributed by atoms with van der Waals surface area (Å²) in [6, 6.07) is 14.2. The fourth-order valence-corrected chi connectivity index (χ4v) is 3.12. The largest absolute Gasteiger partial charge is 0.494 e. The Labute approximate surface area is 148 Å². The molecule has 4 nitrogen and oxygen atoms in total. The molecular weight excluding hydrogens is 324 g/mol. The predicted octanol–water partition coefficient (Wildman–Crippen LogP) is 4.19. The first kappa shape index (κ1) is 16.9. The van der Waals surface area contributed by atoms with Crippen LogP contribution in [-0.4, -0.2) is 32.9 Å². The van der Waals surface area contributed by atoms with E-state index in [2.05, 4.69) is 28.4 Å². The van der Waals surface area contributed by atoms with Crippen molar-refractivity contribution in [1.82, 2.24) is 0 Å². The molecule has 1 N–H and O–H groups in total. The minimum absolute atomic E-state index is 0.664. The number of para-hydroxylation sites is 1. The Kier molecular flexibility index (Phi) is 5.83. The van der Waals surface area contributed by atoms with Gasteiger partial charge in [-0.1, -0.05) is 29.8 Å². The van der Waals surface area contributed by atoms with E-state index < -0.39 is 0 Å². The van der Waals surface area contributed by atoms with Gasteiger partial charge in [0.2, 0.25) is 0 Å². The molecule has 1 heterocycles. The summed E-state index contributed by atoms with van der Waals surface area (Å²) in [5, 5.41) is 4.19. The first-order valence-electron chi connectivity index (χ1n) is 8.34. The summed E-state index contributed by atoms with van der Waals surface area (Å²) < 4.78 is 11.1. The fourth-order valence-electron chi connectivity index (χ4n) is 2.82. The van der Waals surface area contributed by atoms with E-state index in [0.29, 0.717) is 13.2 Å². The van der Waals surface area contributed by atoms with Crippen molar-refractivity contribution < 1.29 is 9.47 Å². The lowest BCUT2D eigenvalue weighted by atomic mass is 10.2. The highest BCUT2D eigenvalue weighted by Crippen LogP contribution is 2.30. The molecule has 3 rings (SSSR count). The quantitative estimate of drug-likeness (QED) is 0.850. The number of benzene rings is 2. The second-order valence-corrected chi connectivity index (χ2v) is 6.07. The van der Waals surface area contributed by atoms with Crippen LogP contribution in [0, 0.1) is 0 Å². The number of nitrogens with one attached hydrogen (secondary N) is 1. The van der Waals surface area contributed by atoms with Crippen LogP contribution < -0.4 is 15.0 Å². The van der Waals surface area contributed by atoms with Crippen LogP contribution in [0.5, 0.6) is 5.75 Å². The smallest absolute Gasteiger partial charge is 0.124 e. The van der Waals surface area contributed by atoms with Crippen molar-refractivity contribution in [2.75, 3.05) is 43.1 Å². The molecule has 0 bridgehead atoms. The second kappa shape index (κ2) is 8.27. The molecule has 0 unspecified atom stereocenters. The van der Waals surface area contributed by atoms with Crippen LogP contribution in [0.1, 0.15) is 12.5 Å². The van der Waals surface area contributed by atoms with Crippen LogP contribution >= 0.6 is 11.6 Å². The highest BCUT2D eigenvalue weighted by Gasteiger charge is 2.14. The summed E-state index contributed by atoms with van der Waals surface area (Å²) in [4.78, 5) is 2.26. The van der Waals surface area contributed by atoms with Gasteiger partial charge in [0.15, 0.2) is 0 Å². The monoisotopic (exact) mass is 346 g/mol. The van der Waals surface area contributed by atoms with E-state index in [-0.39, 0.29) is 0 Å². The lowest BCUT2D eigenvalue weighted by Crippen LogP contribution is -2.36. The number of hydrogen-bond acceptors (Lipinski definition) is 4. The van der Waals surface area contributed by atoms with Crippen LogP contribution in [-0.2, 0) is 11.3 Å². The van der Waals surface area contributed by atoms with E-state index in [0.717, 1.165) is 54.0 Å². The molecule has 2 aromatic carbocycles. The molecule has 0 amide bonds. The van der Waals surface area contributed by atoms with Crippen LogP contribution in [0.4, 0.5) is 11.4 Å². The summed E-state index contributed by atoms with van der Waals surface area (Å²) in [5.41, 5.74) is 3.20. The van der Waals surface area contributed by atoms with Crippen molar-refractivity contribution in [3.8, 4) is 5.75 Å². The fraction of sp³-hybridized carbons (Fsp3) is 0.368. The minimum Gasteiger partial charge on any atom is -0.494 e. The molecule has 0 aliphatic carbocycles. The molecule has 1 aliphatic rings. The normalized spacial score (nSPS) is 14.5. The molecule has 5 heteroatoms. The van der Waals surface area contributed by atoms with E-state index in [4.69, 9.17) is 21.1 Å². The van der Waals surface area contributed by atoms with E-state index in [1.807, 2.05) is 31.2 Å². The third-order valence-corrected chi connectivity index (χ3v) is 4.36. The van der Waals surface area contributed by atoms with E-state index in [9.17, 15) is 0 Å². The molecule has 128 valence electrons. The van der Waals surface area contributed by atoms with Gasteiger partial charge in [0.25, 0.3) is 0 Å². The Bertz CT molecular complexity index is 672. The maximum absolute atomic E-state index is 6.48. The van der Waals surface area contributed by atoms with Gasteiger partial charge in [-0.25, -0.2) is 0 Å². The summed E-state index contributed by atoms with van der Waals surface area (Å²) in [7, 11) is 0. The number of rotatable bonds is 6. The molecule has 24 heavy (non-hydrogen) atoms. The second-order valence-electron chi connectivity index (χ2n) is 5.66. The first-order chi connectivity index (χ1) is 11.8. The summed E-state index contributed by atoms with van der Waals surface area (Å²) in [6.07, 6.45) is 0. The number of morpholine rings is 1. The molecular formula is C19H23ClN2O2. The van der Waals surface area contributed by atoms with Crippen molar-refractivity contribution in [3.05, 3.63) is 53.1 Å². The van der Waals surface area contributed by atoms with E-state index in [1.54, 1.807) is 0 Å². The Hall–Kier alpha value is -1.91. The highest BCUT2D eigenvalue weighted by atomic mass is 35.5. The summed E-state index contributed by atoms with van der Waals surface area (Å²) in [5.74, 6) is 0.920. The van der Waals surface area contributed by atoms with Crippen molar-refractivity contribution in [3.63, 3.8) is 0 Å². The van der Waals surface area contributed by atoms with Crippen LogP contribution in [0.3, 0.4) is 0 Å². The van der Waals surface area contributed by atoms with Crippen molar-refractivity contribution in [1.29, 1.82) is 0 Å². The number of nitrogens with zero attached hydrogens (tertiary/aromatic N) is 1. The molecule has 0 aromatic heterocycles. The summed E-state index contributed by atoms with van der Waals surface area (Å²) in [6.45, 7) is 6.63. The van der Waals surface area contributed by atoms with Crippen LogP contribution in [0.25, 0.3) is 0 Å². The maximum atomic E-state index is 6.48. The van der Waals surface area contributed by atoms with Gasteiger partial charge in [-0.3, -0.25) is 0 Å². The average molecular weight is 347 g/mol.